The summed E-state index contributed by atoms with van der Waals surface area (Å²) in [4.78, 5) is 25.3. The van der Waals surface area contributed by atoms with Crippen LogP contribution in [0.3, 0.4) is 0 Å². The molecule has 0 heterocycles. The van der Waals surface area contributed by atoms with E-state index >= 15 is 0 Å². The lowest BCUT2D eigenvalue weighted by Gasteiger charge is -2.23. The maximum absolute atomic E-state index is 13.1. The van der Waals surface area contributed by atoms with Crippen LogP contribution in [0.15, 0.2) is 18.2 Å². The second kappa shape index (κ2) is 7.84. The third-order valence-corrected chi connectivity index (χ3v) is 3.07. The normalized spacial score (nSPS) is 12.4. The summed E-state index contributed by atoms with van der Waals surface area (Å²) in [7, 11) is 1.63. The summed E-state index contributed by atoms with van der Waals surface area (Å²) in [6.07, 6.45) is 0. The van der Waals surface area contributed by atoms with Crippen molar-refractivity contribution < 1.29 is 18.4 Å². The molecule has 1 atom stereocenters. The predicted molar refractivity (Wildman–Crippen MR) is 80.4 cm³/mol. The Bertz CT molecular complexity index is 550. The van der Waals surface area contributed by atoms with Crippen molar-refractivity contribution in [1.82, 2.24) is 10.2 Å². The van der Waals surface area contributed by atoms with E-state index in [-0.39, 0.29) is 24.2 Å². The Labute approximate surface area is 128 Å². The smallest absolute Gasteiger partial charge is 0.241 e. The summed E-state index contributed by atoms with van der Waals surface area (Å²) in [6.45, 7) is 5.37. The summed E-state index contributed by atoms with van der Waals surface area (Å²) in [5.41, 5.74) is 0.163. The van der Waals surface area contributed by atoms with Gasteiger partial charge in [-0.2, -0.15) is 0 Å². The Morgan fingerprint density at radius 2 is 1.82 bits per heavy atom. The van der Waals surface area contributed by atoms with Gasteiger partial charge in [-0.25, -0.2) is 8.78 Å². The van der Waals surface area contributed by atoms with Gasteiger partial charge in [0.1, 0.15) is 0 Å². The Balaban J connectivity index is 2.60. The molecule has 2 amide bonds. The van der Waals surface area contributed by atoms with Gasteiger partial charge in [-0.05, 0) is 40.0 Å². The number of nitrogens with one attached hydrogen (secondary N) is 2. The van der Waals surface area contributed by atoms with Crippen molar-refractivity contribution in [3.05, 3.63) is 29.8 Å². The number of anilines is 1. The van der Waals surface area contributed by atoms with Gasteiger partial charge in [-0.15, -0.1) is 0 Å². The lowest BCUT2D eigenvalue weighted by molar-refractivity contribution is -0.125. The molecule has 5 nitrogen and oxygen atoms in total. The number of nitrogens with zero attached hydrogens (tertiary/aromatic N) is 1. The maximum atomic E-state index is 13.1. The average molecular weight is 313 g/mol. The quantitative estimate of drug-likeness (QED) is 0.841. The number of likely N-dealkylation sites (N-methyl/N-ethyl adjacent to an activating group) is 1. The molecule has 2 N–H and O–H groups in total. The average Bonchev–Trinajstić information content (AvgIpc) is 2.40. The fourth-order valence-corrected chi connectivity index (χ4v) is 1.75. The highest BCUT2D eigenvalue weighted by molar-refractivity contribution is 5.94. The van der Waals surface area contributed by atoms with E-state index in [1.54, 1.807) is 18.9 Å². The number of rotatable bonds is 6. The van der Waals surface area contributed by atoms with Crippen LogP contribution in [0.2, 0.25) is 0 Å². The van der Waals surface area contributed by atoms with Crippen molar-refractivity contribution in [1.29, 1.82) is 0 Å². The Morgan fingerprint density at radius 1 is 1.18 bits per heavy atom. The van der Waals surface area contributed by atoms with Crippen LogP contribution >= 0.6 is 0 Å². The molecule has 0 radical (unpaired) electrons. The summed E-state index contributed by atoms with van der Waals surface area (Å²) in [5, 5.41) is 5.21. The molecule has 0 aromatic heterocycles. The topological polar surface area (TPSA) is 61.4 Å². The van der Waals surface area contributed by atoms with Crippen LogP contribution < -0.4 is 10.6 Å². The number of benzene rings is 1. The summed E-state index contributed by atoms with van der Waals surface area (Å²) >= 11 is 0. The molecule has 1 unspecified atom stereocenters. The van der Waals surface area contributed by atoms with Gasteiger partial charge in [0.15, 0.2) is 11.6 Å². The zero-order valence-electron chi connectivity index (χ0n) is 13.1. The van der Waals surface area contributed by atoms with Crippen molar-refractivity contribution in [2.75, 3.05) is 18.9 Å². The molecule has 0 aliphatic carbocycles. The molecule has 0 aliphatic heterocycles. The monoisotopic (exact) mass is 313 g/mol. The van der Waals surface area contributed by atoms with E-state index in [2.05, 4.69) is 10.6 Å². The molecule has 7 heteroatoms. The minimum atomic E-state index is -1.03. The van der Waals surface area contributed by atoms with Crippen LogP contribution in [0.5, 0.6) is 0 Å². The fraction of sp³-hybridized carbons (Fsp3) is 0.467. The molecule has 1 aromatic carbocycles. The molecule has 1 aromatic rings. The van der Waals surface area contributed by atoms with Gasteiger partial charge in [0.2, 0.25) is 11.8 Å². The zero-order chi connectivity index (χ0) is 16.9. The van der Waals surface area contributed by atoms with E-state index in [0.717, 1.165) is 12.1 Å². The highest BCUT2D eigenvalue weighted by atomic mass is 19.2. The molecule has 0 saturated heterocycles. The van der Waals surface area contributed by atoms with E-state index in [9.17, 15) is 18.4 Å². The number of hydrogen-bond donors (Lipinski definition) is 2. The van der Waals surface area contributed by atoms with Crippen LogP contribution in [-0.2, 0) is 9.59 Å². The lowest BCUT2D eigenvalue weighted by atomic mass is 10.2. The van der Waals surface area contributed by atoms with Crippen LogP contribution in [0.1, 0.15) is 20.8 Å². The van der Waals surface area contributed by atoms with Crippen LogP contribution in [0.25, 0.3) is 0 Å². The molecule has 0 aliphatic rings. The molecule has 22 heavy (non-hydrogen) atoms. The first-order valence-corrected chi connectivity index (χ1v) is 6.96. The first-order valence-electron chi connectivity index (χ1n) is 6.96. The van der Waals surface area contributed by atoms with E-state index < -0.39 is 23.6 Å². The van der Waals surface area contributed by atoms with Crippen molar-refractivity contribution in [2.45, 2.75) is 32.9 Å². The van der Waals surface area contributed by atoms with Gasteiger partial charge in [0.25, 0.3) is 0 Å². The molecular formula is C15H21F2N3O2. The minimum Gasteiger partial charge on any atom is -0.353 e. The predicted octanol–water partition coefficient (Wildman–Crippen LogP) is 1.75. The maximum Gasteiger partial charge on any atom is 0.241 e. The summed E-state index contributed by atoms with van der Waals surface area (Å²) in [6, 6.07) is 2.54. The Hall–Kier alpha value is -2.02. The standard InChI is InChI=1S/C15H21F2N3O2/c1-9(2)18-14(21)8-20(4)10(3)15(22)19-11-5-6-12(16)13(17)7-11/h5-7,9-10H,8H2,1-4H3,(H,18,21)(H,19,22). The Morgan fingerprint density at radius 3 is 2.36 bits per heavy atom. The highest BCUT2D eigenvalue weighted by Gasteiger charge is 2.20. The molecule has 0 bridgehead atoms. The number of carbonyl (C=O) groups is 2. The minimum absolute atomic E-state index is 0.0206. The van der Waals surface area contributed by atoms with E-state index in [1.165, 1.54) is 6.07 Å². The molecular weight excluding hydrogens is 292 g/mol. The number of amides is 2. The Kier molecular flexibility index (Phi) is 6.42. The van der Waals surface area contributed by atoms with Crippen molar-refractivity contribution in [3.63, 3.8) is 0 Å². The van der Waals surface area contributed by atoms with E-state index in [1.807, 2.05) is 13.8 Å². The lowest BCUT2D eigenvalue weighted by Crippen LogP contribution is -2.46. The van der Waals surface area contributed by atoms with Crippen LogP contribution in [-0.4, -0.2) is 42.4 Å². The number of carbonyl (C=O) groups excluding carboxylic acids is 2. The molecule has 0 spiro atoms. The number of halogens is 2. The highest BCUT2D eigenvalue weighted by Crippen LogP contribution is 2.13. The third kappa shape index (κ3) is 5.40. The molecule has 0 fully saturated rings. The molecule has 0 saturated carbocycles. The number of hydrogen-bond acceptors (Lipinski definition) is 3. The first-order chi connectivity index (χ1) is 10.2. The van der Waals surface area contributed by atoms with Gasteiger partial charge in [-0.3, -0.25) is 14.5 Å². The van der Waals surface area contributed by atoms with Crippen molar-refractivity contribution in [3.8, 4) is 0 Å². The fourth-order valence-electron chi connectivity index (χ4n) is 1.75. The van der Waals surface area contributed by atoms with E-state index in [0.29, 0.717) is 0 Å². The SMILES string of the molecule is CC(C)NC(=O)CN(C)C(C)C(=O)Nc1ccc(F)c(F)c1. The largest absolute Gasteiger partial charge is 0.353 e. The second-order valence-electron chi connectivity index (χ2n) is 5.43. The van der Waals surface area contributed by atoms with E-state index in [4.69, 9.17) is 0 Å². The second-order valence-corrected chi connectivity index (χ2v) is 5.43. The van der Waals surface area contributed by atoms with Crippen molar-refractivity contribution in [2.24, 2.45) is 0 Å². The van der Waals surface area contributed by atoms with Crippen LogP contribution in [0, 0.1) is 11.6 Å². The van der Waals surface area contributed by atoms with Gasteiger partial charge >= 0.3 is 0 Å². The van der Waals surface area contributed by atoms with Gasteiger partial charge in [-0.1, -0.05) is 0 Å². The first kappa shape index (κ1) is 18.0. The van der Waals surface area contributed by atoms with Crippen molar-refractivity contribution >= 4 is 17.5 Å². The molecule has 1 rings (SSSR count). The van der Waals surface area contributed by atoms with Gasteiger partial charge in [0, 0.05) is 17.8 Å². The summed E-state index contributed by atoms with van der Waals surface area (Å²) < 4.78 is 25.9. The van der Waals surface area contributed by atoms with Crippen LogP contribution in [0.4, 0.5) is 14.5 Å². The van der Waals surface area contributed by atoms with Gasteiger partial charge < -0.3 is 10.6 Å². The third-order valence-electron chi connectivity index (χ3n) is 3.07. The molecule has 122 valence electrons. The zero-order valence-corrected chi connectivity index (χ0v) is 13.1. The van der Waals surface area contributed by atoms with Gasteiger partial charge in [0.05, 0.1) is 12.6 Å². The summed E-state index contributed by atoms with van der Waals surface area (Å²) in [5.74, 6) is -2.61.